The van der Waals surface area contributed by atoms with E-state index in [1.807, 2.05) is 0 Å². The highest BCUT2D eigenvalue weighted by molar-refractivity contribution is 7.85. The summed E-state index contributed by atoms with van der Waals surface area (Å²) < 4.78 is 29.5. The molecule has 0 radical (unpaired) electrons. The third-order valence-electron chi connectivity index (χ3n) is 2.28. The van der Waals surface area contributed by atoms with E-state index in [0.717, 1.165) is 0 Å². The second kappa shape index (κ2) is 6.52. The van der Waals surface area contributed by atoms with Gasteiger partial charge in [-0.1, -0.05) is 23.2 Å². The van der Waals surface area contributed by atoms with Crippen LogP contribution in [-0.2, 0) is 10.1 Å². The number of rotatable bonds is 6. The van der Waals surface area contributed by atoms with Gasteiger partial charge in [-0.2, -0.15) is 8.42 Å². The summed E-state index contributed by atoms with van der Waals surface area (Å²) in [6.45, 7) is 0. The predicted molar refractivity (Wildman–Crippen MR) is 71.1 cm³/mol. The van der Waals surface area contributed by atoms with Crippen molar-refractivity contribution in [1.82, 2.24) is 0 Å². The van der Waals surface area contributed by atoms with Crippen LogP contribution in [0.5, 0.6) is 0 Å². The number of hydrogen-bond donors (Lipinski definition) is 1. The summed E-state index contributed by atoms with van der Waals surface area (Å²) in [4.78, 5) is 11.8. The molecular formula is C11H12Cl2O4S. The minimum Gasteiger partial charge on any atom is -0.294 e. The fourth-order valence-electron chi connectivity index (χ4n) is 1.42. The van der Waals surface area contributed by atoms with Gasteiger partial charge in [-0.05, 0) is 31.0 Å². The van der Waals surface area contributed by atoms with Crippen LogP contribution in [0.1, 0.15) is 29.6 Å². The van der Waals surface area contributed by atoms with E-state index in [1.165, 1.54) is 12.1 Å². The van der Waals surface area contributed by atoms with Gasteiger partial charge in [0.05, 0.1) is 10.8 Å². The Morgan fingerprint density at radius 1 is 1.22 bits per heavy atom. The quantitative estimate of drug-likeness (QED) is 0.497. The highest BCUT2D eigenvalue weighted by atomic mass is 35.5. The molecule has 0 heterocycles. The Bertz CT molecular complexity index is 540. The maximum absolute atomic E-state index is 11.8. The predicted octanol–water partition coefficient (Wildman–Crippen LogP) is 3.23. The number of hydrogen-bond acceptors (Lipinski definition) is 3. The van der Waals surface area contributed by atoms with Crippen LogP contribution in [0, 0.1) is 0 Å². The van der Waals surface area contributed by atoms with Gasteiger partial charge in [0.2, 0.25) is 0 Å². The molecule has 0 saturated carbocycles. The Hall–Kier alpha value is -0.620. The lowest BCUT2D eigenvalue weighted by Gasteiger charge is -2.04. The Kier molecular flexibility index (Phi) is 5.59. The molecule has 0 aliphatic heterocycles. The zero-order chi connectivity index (χ0) is 13.8. The molecule has 0 aliphatic carbocycles. The van der Waals surface area contributed by atoms with Gasteiger partial charge in [-0.25, -0.2) is 0 Å². The fourth-order valence-corrected chi connectivity index (χ4v) is 2.38. The Balaban J connectivity index is 2.53. The first-order valence-corrected chi connectivity index (χ1v) is 7.59. The van der Waals surface area contributed by atoms with Crippen molar-refractivity contribution < 1.29 is 17.8 Å². The first-order valence-electron chi connectivity index (χ1n) is 5.23. The highest BCUT2D eigenvalue weighted by Gasteiger charge is 2.11. The summed E-state index contributed by atoms with van der Waals surface area (Å²) in [6.07, 6.45) is 0.750. The van der Waals surface area contributed by atoms with Crippen molar-refractivity contribution in [2.24, 2.45) is 0 Å². The molecule has 0 aromatic heterocycles. The van der Waals surface area contributed by atoms with Crippen LogP contribution in [0.4, 0.5) is 0 Å². The van der Waals surface area contributed by atoms with Crippen LogP contribution in [0.25, 0.3) is 0 Å². The lowest BCUT2D eigenvalue weighted by molar-refractivity contribution is 0.0980. The lowest BCUT2D eigenvalue weighted by atomic mass is 10.1. The summed E-state index contributed by atoms with van der Waals surface area (Å²) in [7, 11) is -3.96. The van der Waals surface area contributed by atoms with Gasteiger partial charge in [-0.3, -0.25) is 9.35 Å². The molecule has 0 bridgehead atoms. The number of carbonyl (C=O) groups excluding carboxylic acids is 1. The van der Waals surface area contributed by atoms with Crippen molar-refractivity contribution in [2.45, 2.75) is 19.3 Å². The Morgan fingerprint density at radius 3 is 2.50 bits per heavy atom. The van der Waals surface area contributed by atoms with Crippen LogP contribution in [0.15, 0.2) is 18.2 Å². The number of benzene rings is 1. The van der Waals surface area contributed by atoms with Crippen LogP contribution < -0.4 is 0 Å². The summed E-state index contributed by atoms with van der Waals surface area (Å²) in [5.74, 6) is -0.540. The van der Waals surface area contributed by atoms with Gasteiger partial charge in [0.1, 0.15) is 0 Å². The third kappa shape index (κ3) is 5.35. The van der Waals surface area contributed by atoms with Gasteiger partial charge in [0.15, 0.2) is 5.78 Å². The average Bonchev–Trinajstić information content (AvgIpc) is 2.26. The average molecular weight is 311 g/mol. The van der Waals surface area contributed by atoms with Crippen molar-refractivity contribution in [1.29, 1.82) is 0 Å². The molecule has 1 aromatic rings. The molecule has 1 rings (SSSR count). The molecule has 4 nitrogen and oxygen atoms in total. The van der Waals surface area contributed by atoms with Gasteiger partial charge in [0.25, 0.3) is 10.1 Å². The van der Waals surface area contributed by atoms with Gasteiger partial charge >= 0.3 is 0 Å². The Morgan fingerprint density at radius 2 is 1.89 bits per heavy atom. The van der Waals surface area contributed by atoms with Gasteiger partial charge in [0, 0.05) is 17.0 Å². The van der Waals surface area contributed by atoms with E-state index < -0.39 is 10.1 Å². The first-order chi connectivity index (χ1) is 8.29. The summed E-state index contributed by atoms with van der Waals surface area (Å²) >= 11 is 11.6. The largest absolute Gasteiger partial charge is 0.294 e. The highest BCUT2D eigenvalue weighted by Crippen LogP contribution is 2.22. The fraction of sp³-hybridized carbons (Fsp3) is 0.364. The summed E-state index contributed by atoms with van der Waals surface area (Å²) in [5, 5.41) is 0.736. The number of unbranched alkanes of at least 4 members (excludes halogenated alkanes) is 1. The number of ketones is 1. The molecule has 0 atom stereocenters. The minimum atomic E-state index is -3.96. The number of halogens is 2. The van der Waals surface area contributed by atoms with Crippen LogP contribution in [0.3, 0.4) is 0 Å². The zero-order valence-electron chi connectivity index (χ0n) is 9.40. The molecule has 18 heavy (non-hydrogen) atoms. The van der Waals surface area contributed by atoms with Crippen LogP contribution >= 0.6 is 23.2 Å². The maximum atomic E-state index is 11.8. The number of Topliss-reactive ketones (excluding diaryl/α,β-unsaturated/α-hetero) is 1. The maximum Gasteiger partial charge on any atom is 0.264 e. The molecule has 0 amide bonds. The van der Waals surface area contributed by atoms with Crippen molar-refractivity contribution in [3.8, 4) is 0 Å². The molecule has 0 unspecified atom stereocenters. The Labute approximate surface area is 116 Å². The van der Waals surface area contributed by atoms with Crippen molar-refractivity contribution in [3.05, 3.63) is 33.8 Å². The van der Waals surface area contributed by atoms with Crippen molar-refractivity contribution >= 4 is 39.1 Å². The normalized spacial score (nSPS) is 11.5. The summed E-state index contributed by atoms with van der Waals surface area (Å²) in [5.41, 5.74) is 0.330. The van der Waals surface area contributed by atoms with Gasteiger partial charge < -0.3 is 0 Å². The molecule has 1 N–H and O–H groups in total. The van der Waals surface area contributed by atoms with Crippen LogP contribution in [0.2, 0.25) is 10.0 Å². The van der Waals surface area contributed by atoms with Crippen LogP contribution in [-0.4, -0.2) is 24.5 Å². The standard InChI is InChI=1S/C11H12Cl2O4S/c12-8-4-5-10(13)9(7-8)11(14)3-1-2-6-18(15,16)17/h4-5,7H,1-3,6H2,(H,15,16,17). The molecule has 7 heteroatoms. The molecule has 100 valence electrons. The summed E-state index contributed by atoms with van der Waals surface area (Å²) in [6, 6.07) is 4.60. The van der Waals surface area contributed by atoms with E-state index >= 15 is 0 Å². The van der Waals surface area contributed by atoms with E-state index in [9.17, 15) is 13.2 Å². The molecule has 1 aromatic carbocycles. The van der Waals surface area contributed by atoms with Gasteiger partial charge in [-0.15, -0.1) is 0 Å². The molecular weight excluding hydrogens is 299 g/mol. The molecule has 0 aliphatic rings. The topological polar surface area (TPSA) is 71.4 Å². The third-order valence-corrected chi connectivity index (χ3v) is 3.65. The monoisotopic (exact) mass is 310 g/mol. The van der Waals surface area contributed by atoms with E-state index in [2.05, 4.69) is 0 Å². The van der Waals surface area contributed by atoms with Crippen molar-refractivity contribution in [3.63, 3.8) is 0 Å². The number of carbonyl (C=O) groups is 1. The minimum absolute atomic E-state index is 0.162. The second-order valence-electron chi connectivity index (χ2n) is 3.79. The van der Waals surface area contributed by atoms with E-state index in [4.69, 9.17) is 27.8 Å². The van der Waals surface area contributed by atoms with E-state index in [-0.39, 0.29) is 24.4 Å². The first kappa shape index (κ1) is 15.4. The van der Waals surface area contributed by atoms with E-state index in [0.29, 0.717) is 22.0 Å². The SMILES string of the molecule is O=C(CCCCS(=O)(=O)O)c1cc(Cl)ccc1Cl. The van der Waals surface area contributed by atoms with E-state index in [1.54, 1.807) is 6.07 Å². The van der Waals surface area contributed by atoms with Crippen molar-refractivity contribution in [2.75, 3.05) is 5.75 Å². The molecule has 0 spiro atoms. The zero-order valence-corrected chi connectivity index (χ0v) is 11.7. The molecule has 0 saturated heterocycles. The second-order valence-corrected chi connectivity index (χ2v) is 6.21. The molecule has 0 fully saturated rings. The lowest BCUT2D eigenvalue weighted by Crippen LogP contribution is -2.05. The smallest absolute Gasteiger partial charge is 0.264 e.